The number of nitrogens with one attached hydrogen (secondary N) is 2. The number of carbonyl (C=O) groups is 1. The molecule has 0 bridgehead atoms. The topological polar surface area (TPSA) is 87.7 Å². The number of benzene rings is 1. The maximum atomic E-state index is 12.3. The van der Waals surface area contributed by atoms with Gasteiger partial charge in [0.1, 0.15) is 5.69 Å². The second-order valence-corrected chi connectivity index (χ2v) is 8.94. The van der Waals surface area contributed by atoms with E-state index in [0.717, 1.165) is 41.2 Å². The first-order chi connectivity index (χ1) is 13.5. The van der Waals surface area contributed by atoms with Crippen molar-refractivity contribution in [3.8, 4) is 0 Å². The zero-order valence-electron chi connectivity index (χ0n) is 15.1. The average molecular weight is 439 g/mol. The Bertz CT molecular complexity index is 1110. The summed E-state index contributed by atoms with van der Waals surface area (Å²) in [5.74, 6) is 0.253. The summed E-state index contributed by atoms with van der Waals surface area (Å²) in [5.41, 5.74) is 1.60. The number of pyridine rings is 1. The van der Waals surface area contributed by atoms with Crippen LogP contribution in [0.2, 0.25) is 0 Å². The van der Waals surface area contributed by atoms with Crippen LogP contribution in [0.3, 0.4) is 0 Å². The predicted molar refractivity (Wildman–Crippen MR) is 109 cm³/mol. The van der Waals surface area contributed by atoms with E-state index in [-0.39, 0.29) is 17.5 Å². The second kappa shape index (κ2) is 6.51. The largest absolute Gasteiger partial charge is 0.348 e. The van der Waals surface area contributed by atoms with Gasteiger partial charge in [0.25, 0.3) is 11.5 Å². The standard InChI is InChI=1S/C21H19BrN4O2/c22-13-5-6-17(23-11-13)20(28)24-14-9-21(10-14)7-12(8-21)18-15-3-1-2-4-16(15)19(27)26-25-18/h1-6,11-12,14H,7-10H2,(H,24,28)(H,26,27). The van der Waals surface area contributed by atoms with E-state index < -0.39 is 0 Å². The van der Waals surface area contributed by atoms with E-state index in [0.29, 0.717) is 22.4 Å². The SMILES string of the molecule is O=C(NC1CC2(C1)CC(c1n[nH]c(=O)c3ccccc13)C2)c1ccc(Br)cn1. The van der Waals surface area contributed by atoms with Crippen LogP contribution in [0.25, 0.3) is 10.8 Å². The first-order valence-corrected chi connectivity index (χ1v) is 10.2. The summed E-state index contributed by atoms with van der Waals surface area (Å²) in [6, 6.07) is 11.4. The molecule has 5 rings (SSSR count). The van der Waals surface area contributed by atoms with Crippen LogP contribution in [-0.4, -0.2) is 27.1 Å². The summed E-state index contributed by atoms with van der Waals surface area (Å²) in [5, 5.41) is 11.7. The molecule has 2 aliphatic rings. The Hall–Kier alpha value is -2.54. The van der Waals surface area contributed by atoms with Gasteiger partial charge in [0.2, 0.25) is 0 Å². The molecule has 0 saturated heterocycles. The van der Waals surface area contributed by atoms with Gasteiger partial charge < -0.3 is 5.32 Å². The third kappa shape index (κ3) is 2.94. The third-order valence-corrected chi connectivity index (χ3v) is 6.59. The molecule has 2 N–H and O–H groups in total. The van der Waals surface area contributed by atoms with Crippen LogP contribution in [0, 0.1) is 5.41 Å². The minimum absolute atomic E-state index is 0.114. The number of aromatic amines is 1. The average Bonchev–Trinajstić information content (AvgIpc) is 2.64. The van der Waals surface area contributed by atoms with Gasteiger partial charge in [-0.25, -0.2) is 10.1 Å². The highest BCUT2D eigenvalue weighted by Gasteiger charge is 2.54. The molecule has 2 heterocycles. The number of fused-ring (bicyclic) bond motifs is 1. The summed E-state index contributed by atoms with van der Waals surface area (Å²) in [6.45, 7) is 0. The molecule has 142 valence electrons. The summed E-state index contributed by atoms with van der Waals surface area (Å²) >= 11 is 3.33. The fourth-order valence-corrected chi connectivity index (χ4v) is 5.05. The maximum Gasteiger partial charge on any atom is 0.272 e. The smallest absolute Gasteiger partial charge is 0.272 e. The third-order valence-electron chi connectivity index (χ3n) is 6.13. The summed E-state index contributed by atoms with van der Waals surface area (Å²) in [7, 11) is 0. The van der Waals surface area contributed by atoms with Crippen LogP contribution in [-0.2, 0) is 0 Å². The fraction of sp³-hybridized carbons (Fsp3) is 0.333. The molecular formula is C21H19BrN4O2. The molecule has 2 aromatic heterocycles. The van der Waals surface area contributed by atoms with E-state index in [9.17, 15) is 9.59 Å². The molecule has 3 aromatic rings. The molecule has 0 radical (unpaired) electrons. The summed E-state index contributed by atoms with van der Waals surface area (Å²) in [6.07, 6.45) is 5.73. The van der Waals surface area contributed by atoms with Crippen molar-refractivity contribution in [1.29, 1.82) is 0 Å². The van der Waals surface area contributed by atoms with Crippen molar-refractivity contribution >= 4 is 32.6 Å². The van der Waals surface area contributed by atoms with Crippen molar-refractivity contribution < 1.29 is 4.79 Å². The number of rotatable bonds is 3. The Balaban J connectivity index is 1.22. The predicted octanol–water partition coefficient (Wildman–Crippen LogP) is 3.54. The molecule has 28 heavy (non-hydrogen) atoms. The van der Waals surface area contributed by atoms with Crippen molar-refractivity contribution in [3.05, 3.63) is 68.8 Å². The van der Waals surface area contributed by atoms with Crippen molar-refractivity contribution in [2.24, 2.45) is 5.41 Å². The Labute approximate surface area is 169 Å². The van der Waals surface area contributed by atoms with Crippen LogP contribution in [0.4, 0.5) is 0 Å². The maximum absolute atomic E-state index is 12.3. The van der Waals surface area contributed by atoms with Gasteiger partial charge in [0.05, 0.1) is 11.1 Å². The molecule has 6 nitrogen and oxygen atoms in total. The van der Waals surface area contributed by atoms with Crippen molar-refractivity contribution in [2.75, 3.05) is 0 Å². The number of carbonyl (C=O) groups excluding carboxylic acids is 1. The number of aromatic nitrogens is 3. The molecule has 1 spiro atoms. The van der Waals surface area contributed by atoms with Crippen molar-refractivity contribution in [2.45, 2.75) is 37.6 Å². The van der Waals surface area contributed by atoms with E-state index in [1.54, 1.807) is 12.3 Å². The monoisotopic (exact) mass is 438 g/mol. The van der Waals surface area contributed by atoms with Gasteiger partial charge in [-0.05, 0) is 65.2 Å². The second-order valence-electron chi connectivity index (χ2n) is 8.03. The van der Waals surface area contributed by atoms with Crippen LogP contribution in [0.1, 0.15) is 47.8 Å². The van der Waals surface area contributed by atoms with Crippen LogP contribution in [0.15, 0.2) is 51.9 Å². The zero-order valence-corrected chi connectivity index (χ0v) is 16.7. The normalized spacial score (nSPS) is 25.9. The number of hydrogen-bond donors (Lipinski definition) is 2. The number of halogens is 1. The Morgan fingerprint density at radius 3 is 2.57 bits per heavy atom. The van der Waals surface area contributed by atoms with Crippen LogP contribution in [0.5, 0.6) is 0 Å². The van der Waals surface area contributed by atoms with E-state index in [2.05, 4.69) is 36.4 Å². The minimum Gasteiger partial charge on any atom is -0.348 e. The lowest BCUT2D eigenvalue weighted by Gasteiger charge is -2.57. The lowest BCUT2D eigenvalue weighted by Crippen LogP contribution is -2.55. The highest BCUT2D eigenvalue weighted by atomic mass is 79.9. The van der Waals surface area contributed by atoms with Gasteiger partial charge in [-0.15, -0.1) is 0 Å². The number of nitrogens with zero attached hydrogens (tertiary/aromatic N) is 2. The Morgan fingerprint density at radius 1 is 1.11 bits per heavy atom. The van der Waals surface area contributed by atoms with Gasteiger partial charge >= 0.3 is 0 Å². The fourth-order valence-electron chi connectivity index (χ4n) is 4.82. The van der Waals surface area contributed by atoms with E-state index in [1.165, 1.54) is 0 Å². The number of hydrogen-bond acceptors (Lipinski definition) is 4. The summed E-state index contributed by atoms with van der Waals surface area (Å²) in [4.78, 5) is 28.4. The molecule has 2 aliphatic carbocycles. The molecule has 7 heteroatoms. The molecule has 2 fully saturated rings. The van der Waals surface area contributed by atoms with Gasteiger partial charge in [-0.1, -0.05) is 18.2 Å². The van der Waals surface area contributed by atoms with Gasteiger partial charge in [0, 0.05) is 28.0 Å². The molecule has 1 amide bonds. The first kappa shape index (κ1) is 17.6. The van der Waals surface area contributed by atoms with Crippen LogP contribution >= 0.6 is 15.9 Å². The molecule has 1 aromatic carbocycles. The molecular weight excluding hydrogens is 420 g/mol. The Morgan fingerprint density at radius 2 is 1.86 bits per heavy atom. The van der Waals surface area contributed by atoms with E-state index in [1.807, 2.05) is 30.3 Å². The highest BCUT2D eigenvalue weighted by Crippen LogP contribution is 2.62. The molecule has 0 atom stereocenters. The summed E-state index contributed by atoms with van der Waals surface area (Å²) < 4.78 is 0.857. The zero-order chi connectivity index (χ0) is 19.3. The lowest BCUT2D eigenvalue weighted by atomic mass is 9.49. The molecule has 0 aliphatic heterocycles. The number of H-pyrrole nitrogens is 1. The number of amides is 1. The van der Waals surface area contributed by atoms with Gasteiger partial charge in [-0.3, -0.25) is 9.59 Å². The van der Waals surface area contributed by atoms with Crippen molar-refractivity contribution in [3.63, 3.8) is 0 Å². The van der Waals surface area contributed by atoms with E-state index >= 15 is 0 Å². The minimum atomic E-state index is -0.138. The lowest BCUT2D eigenvalue weighted by molar-refractivity contribution is -0.0197. The van der Waals surface area contributed by atoms with Crippen molar-refractivity contribution in [1.82, 2.24) is 20.5 Å². The van der Waals surface area contributed by atoms with E-state index in [4.69, 9.17) is 0 Å². The van der Waals surface area contributed by atoms with Gasteiger partial charge in [-0.2, -0.15) is 5.10 Å². The first-order valence-electron chi connectivity index (χ1n) is 9.43. The van der Waals surface area contributed by atoms with Crippen LogP contribution < -0.4 is 10.9 Å². The molecule has 2 saturated carbocycles. The van der Waals surface area contributed by atoms with Gasteiger partial charge in [0.15, 0.2) is 0 Å². The quantitative estimate of drug-likeness (QED) is 0.654. The molecule has 0 unspecified atom stereocenters. The highest BCUT2D eigenvalue weighted by molar-refractivity contribution is 9.10. The Kier molecular flexibility index (Phi) is 4.08.